The number of hydrogen-bond donors (Lipinski definition) is 3. The topological polar surface area (TPSA) is 126 Å². The second-order valence-corrected chi connectivity index (χ2v) is 10.5. The van der Waals surface area contributed by atoms with Gasteiger partial charge in [-0.3, -0.25) is 0 Å². The molecule has 0 aliphatic carbocycles. The van der Waals surface area contributed by atoms with Gasteiger partial charge in [0.15, 0.2) is 11.6 Å². The number of nitrogens with zero attached hydrogens (tertiary/aromatic N) is 3. The van der Waals surface area contributed by atoms with E-state index >= 15 is 0 Å². The van der Waals surface area contributed by atoms with Crippen molar-refractivity contribution in [2.75, 3.05) is 23.0 Å². The third-order valence-corrected chi connectivity index (χ3v) is 6.63. The Morgan fingerprint density at radius 1 is 1.02 bits per heavy atom. The highest BCUT2D eigenvalue weighted by Crippen LogP contribution is 2.36. The molecule has 1 aromatic heterocycles. The number of halogens is 2. The van der Waals surface area contributed by atoms with E-state index in [4.69, 9.17) is 33.7 Å². The van der Waals surface area contributed by atoms with Gasteiger partial charge in [-0.15, -0.1) is 0 Å². The van der Waals surface area contributed by atoms with E-state index in [1.54, 1.807) is 42.5 Å². The van der Waals surface area contributed by atoms with E-state index in [0.717, 1.165) is 11.1 Å². The number of aryl methyl sites for hydroxylation is 1. The summed E-state index contributed by atoms with van der Waals surface area (Å²) in [5, 5.41) is 17.3. The first kappa shape index (κ1) is 28.7. The Kier molecular flexibility index (Phi) is 9.10. The fourth-order valence-corrected chi connectivity index (χ4v) is 4.31. The normalized spacial score (nSPS) is 11.5. The van der Waals surface area contributed by atoms with E-state index < -0.39 is 5.92 Å². The first-order chi connectivity index (χ1) is 19.2. The van der Waals surface area contributed by atoms with Gasteiger partial charge < -0.3 is 21.1 Å². The van der Waals surface area contributed by atoms with E-state index in [-0.39, 0.29) is 11.9 Å². The lowest BCUT2D eigenvalue weighted by molar-refractivity contribution is 0.0459. The highest BCUT2D eigenvalue weighted by Gasteiger charge is 2.19. The van der Waals surface area contributed by atoms with Crippen molar-refractivity contribution >= 4 is 57.9 Å². The number of ether oxygens (including phenoxy) is 1. The highest BCUT2D eigenvalue weighted by molar-refractivity contribution is 6.32. The van der Waals surface area contributed by atoms with E-state index in [0.29, 0.717) is 56.5 Å². The van der Waals surface area contributed by atoms with E-state index in [9.17, 15) is 10.1 Å². The molecule has 0 saturated carbocycles. The average molecular weight is 576 g/mol. The van der Waals surface area contributed by atoms with Crippen molar-refractivity contribution in [3.8, 4) is 6.07 Å². The van der Waals surface area contributed by atoms with Gasteiger partial charge in [0.1, 0.15) is 12.0 Å². The molecule has 0 aliphatic heterocycles. The van der Waals surface area contributed by atoms with Crippen molar-refractivity contribution in [3.05, 3.63) is 99.3 Å². The molecule has 0 saturated heterocycles. The second-order valence-electron chi connectivity index (χ2n) is 9.61. The van der Waals surface area contributed by atoms with Crippen molar-refractivity contribution in [1.82, 2.24) is 9.97 Å². The van der Waals surface area contributed by atoms with Crippen LogP contribution in [0.4, 0.5) is 28.7 Å². The molecule has 0 fully saturated rings. The van der Waals surface area contributed by atoms with Crippen LogP contribution in [-0.2, 0) is 4.74 Å². The smallest absolute Gasteiger partial charge is 0.338 e. The number of carbonyl (C=O) groups excluding carboxylic acids is 1. The maximum atomic E-state index is 12.2. The summed E-state index contributed by atoms with van der Waals surface area (Å²) in [5.41, 5.74) is 10.8. The van der Waals surface area contributed by atoms with Crippen LogP contribution in [0.2, 0.25) is 10.0 Å². The number of carbonyl (C=O) groups is 1. The summed E-state index contributed by atoms with van der Waals surface area (Å²) >= 11 is 12.7. The van der Waals surface area contributed by atoms with Gasteiger partial charge >= 0.3 is 5.97 Å². The zero-order valence-electron chi connectivity index (χ0n) is 22.2. The molecular formula is C30H28Cl2N6O2. The van der Waals surface area contributed by atoms with Crippen LogP contribution in [0.25, 0.3) is 0 Å². The van der Waals surface area contributed by atoms with Gasteiger partial charge in [0.2, 0.25) is 0 Å². The monoisotopic (exact) mass is 574 g/mol. The molecule has 3 aromatic carbocycles. The first-order valence-corrected chi connectivity index (χ1v) is 13.3. The summed E-state index contributed by atoms with van der Waals surface area (Å²) in [5.74, 6) is 0.103. The lowest BCUT2D eigenvalue weighted by Gasteiger charge is -2.17. The summed E-state index contributed by atoms with van der Waals surface area (Å²) in [6.45, 7) is 6.23. The third-order valence-electron chi connectivity index (χ3n) is 6.06. The maximum absolute atomic E-state index is 12.2. The molecule has 1 atom stereocenters. The third kappa shape index (κ3) is 6.81. The minimum atomic E-state index is -0.555. The van der Waals surface area contributed by atoms with Gasteiger partial charge in [0.25, 0.3) is 0 Å². The van der Waals surface area contributed by atoms with Crippen LogP contribution in [0.3, 0.4) is 0 Å². The number of hydrogen-bond acceptors (Lipinski definition) is 8. The fraction of sp³-hybridized carbons (Fsp3) is 0.200. The molecule has 1 heterocycles. The van der Waals surface area contributed by atoms with Crippen LogP contribution in [-0.4, -0.2) is 22.5 Å². The van der Waals surface area contributed by atoms with E-state index in [1.807, 2.05) is 39.0 Å². The Hall–Kier alpha value is -4.32. The Balaban J connectivity index is 1.52. The highest BCUT2D eigenvalue weighted by atomic mass is 35.5. The van der Waals surface area contributed by atoms with Crippen molar-refractivity contribution in [3.63, 3.8) is 0 Å². The Bertz CT molecular complexity index is 1550. The van der Waals surface area contributed by atoms with Gasteiger partial charge in [-0.25, -0.2) is 14.8 Å². The number of aromatic nitrogens is 2. The summed E-state index contributed by atoms with van der Waals surface area (Å²) in [4.78, 5) is 20.7. The number of nitriles is 1. The minimum absolute atomic E-state index is 0.259. The molecule has 40 heavy (non-hydrogen) atoms. The van der Waals surface area contributed by atoms with Gasteiger partial charge in [0, 0.05) is 21.4 Å². The van der Waals surface area contributed by atoms with Crippen LogP contribution >= 0.6 is 23.2 Å². The van der Waals surface area contributed by atoms with E-state index in [2.05, 4.69) is 26.7 Å². The number of nitrogens with two attached hydrogens (primary N) is 1. The number of nitrogen functional groups attached to an aromatic ring is 1. The van der Waals surface area contributed by atoms with Crippen LogP contribution in [0.5, 0.6) is 0 Å². The number of anilines is 5. The predicted octanol–water partition coefficient (Wildman–Crippen LogP) is 7.63. The predicted molar refractivity (Wildman–Crippen MR) is 160 cm³/mol. The van der Waals surface area contributed by atoms with Crippen molar-refractivity contribution in [1.29, 1.82) is 5.26 Å². The first-order valence-electron chi connectivity index (χ1n) is 12.5. The molecule has 4 aromatic rings. The van der Waals surface area contributed by atoms with Crippen molar-refractivity contribution < 1.29 is 9.53 Å². The lowest BCUT2D eigenvalue weighted by atomic mass is 9.91. The Morgan fingerprint density at radius 3 is 2.30 bits per heavy atom. The molecule has 0 amide bonds. The number of benzene rings is 3. The Labute approximate surface area is 243 Å². The van der Waals surface area contributed by atoms with Gasteiger partial charge in [-0.2, -0.15) is 5.26 Å². The summed E-state index contributed by atoms with van der Waals surface area (Å²) in [6.07, 6.45) is 1.39. The molecule has 0 radical (unpaired) electrons. The van der Waals surface area contributed by atoms with Gasteiger partial charge in [0.05, 0.1) is 24.2 Å². The molecule has 4 N–H and O–H groups in total. The summed E-state index contributed by atoms with van der Waals surface area (Å²) < 4.78 is 5.27. The molecule has 4 rings (SSSR count). The van der Waals surface area contributed by atoms with E-state index in [1.165, 1.54) is 6.33 Å². The minimum Gasteiger partial charge on any atom is -0.462 e. The molecule has 0 aliphatic rings. The van der Waals surface area contributed by atoms with Gasteiger partial charge in [-0.1, -0.05) is 55.2 Å². The van der Waals surface area contributed by atoms with Crippen LogP contribution in [0, 0.1) is 24.2 Å². The molecule has 0 bridgehead atoms. The van der Waals surface area contributed by atoms with Crippen molar-refractivity contribution in [2.24, 2.45) is 5.92 Å². The zero-order chi connectivity index (χ0) is 28.8. The molecule has 204 valence electrons. The lowest BCUT2D eigenvalue weighted by Crippen LogP contribution is -2.10. The quantitative estimate of drug-likeness (QED) is 0.174. The summed E-state index contributed by atoms with van der Waals surface area (Å²) in [7, 11) is 0. The maximum Gasteiger partial charge on any atom is 0.338 e. The summed E-state index contributed by atoms with van der Waals surface area (Å²) in [6, 6.07) is 19.9. The molecule has 8 nitrogen and oxygen atoms in total. The fourth-order valence-electron chi connectivity index (χ4n) is 3.91. The van der Waals surface area contributed by atoms with Crippen molar-refractivity contribution in [2.45, 2.75) is 26.7 Å². The zero-order valence-corrected chi connectivity index (χ0v) is 23.7. The number of rotatable bonds is 9. The average Bonchev–Trinajstić information content (AvgIpc) is 2.93. The number of esters is 1. The largest absolute Gasteiger partial charge is 0.462 e. The number of nitrogens with one attached hydrogen (secondary N) is 2. The molecule has 10 heteroatoms. The van der Waals surface area contributed by atoms with Crippen LogP contribution < -0.4 is 16.4 Å². The molecular weight excluding hydrogens is 547 g/mol. The standard InChI is InChI=1S/C30H28Cl2N6O2/c1-17(2)15-40-30(39)20-6-10-22(11-7-20)37-28-27(34)29(36-16-35-28)38-26-13-25(32)23(12-18(26)3)24(14-33)19-4-8-21(31)9-5-19/h4-13,16-17,24H,15,34H2,1-3H3,(H2,35,36,37,38). The SMILES string of the molecule is Cc1cc(C(C#N)c2ccc(Cl)cc2)c(Cl)cc1Nc1ncnc(Nc2ccc(C(=O)OCC(C)C)cc2)c1N. The van der Waals surface area contributed by atoms with Crippen LogP contribution in [0.1, 0.15) is 46.8 Å². The molecule has 1 unspecified atom stereocenters. The Morgan fingerprint density at radius 2 is 1.68 bits per heavy atom. The molecule has 0 spiro atoms. The van der Waals surface area contributed by atoms with Crippen LogP contribution in [0.15, 0.2) is 67.0 Å². The van der Waals surface area contributed by atoms with Gasteiger partial charge in [-0.05, 0) is 72.0 Å². The second kappa shape index (κ2) is 12.7.